The second-order valence-corrected chi connectivity index (χ2v) is 5.26. The van der Waals surface area contributed by atoms with E-state index in [1.165, 1.54) is 0 Å². The van der Waals surface area contributed by atoms with Gasteiger partial charge in [-0.25, -0.2) is 0 Å². The fourth-order valence-corrected chi connectivity index (χ4v) is 2.89. The lowest BCUT2D eigenvalue weighted by Crippen LogP contribution is -2.40. The number of nitrogens with zero attached hydrogens (tertiary/aromatic N) is 1. The summed E-state index contributed by atoms with van der Waals surface area (Å²) in [6, 6.07) is 0.161. The molecule has 92 valence electrons. The van der Waals surface area contributed by atoms with Crippen LogP contribution in [0.25, 0.3) is 0 Å². The van der Waals surface area contributed by atoms with Gasteiger partial charge in [0.1, 0.15) is 0 Å². The molecule has 5 atom stereocenters. The van der Waals surface area contributed by atoms with Gasteiger partial charge in [-0.3, -0.25) is 4.79 Å². The van der Waals surface area contributed by atoms with Gasteiger partial charge in [0, 0.05) is 19.1 Å². The predicted octanol–water partition coefficient (Wildman–Crippen LogP) is 0.606. The number of likely N-dealkylation sites (tertiary alicyclic amines) is 1. The van der Waals surface area contributed by atoms with E-state index in [0.29, 0.717) is 12.5 Å². The van der Waals surface area contributed by atoms with Crippen LogP contribution in [0.3, 0.4) is 0 Å². The molecule has 0 aromatic heterocycles. The lowest BCUT2D eigenvalue weighted by molar-refractivity contribution is -0.136. The maximum Gasteiger partial charge on any atom is 0.228 e. The van der Waals surface area contributed by atoms with E-state index in [-0.39, 0.29) is 30.1 Å². The molecule has 0 aliphatic carbocycles. The van der Waals surface area contributed by atoms with Crippen molar-refractivity contribution in [1.82, 2.24) is 4.90 Å². The van der Waals surface area contributed by atoms with Gasteiger partial charge in [0.05, 0.1) is 18.1 Å². The van der Waals surface area contributed by atoms with Crippen molar-refractivity contribution >= 4 is 5.91 Å². The molecule has 2 fully saturated rings. The van der Waals surface area contributed by atoms with Gasteiger partial charge in [0.15, 0.2) is 0 Å². The lowest BCUT2D eigenvalue weighted by atomic mass is 9.88. The van der Waals surface area contributed by atoms with Crippen LogP contribution in [0.2, 0.25) is 0 Å². The largest absolute Gasteiger partial charge is 0.374 e. The lowest BCUT2D eigenvalue weighted by Gasteiger charge is -2.24. The van der Waals surface area contributed by atoms with Crippen LogP contribution < -0.4 is 5.73 Å². The highest BCUT2D eigenvalue weighted by Gasteiger charge is 2.44. The Morgan fingerprint density at radius 3 is 2.44 bits per heavy atom. The van der Waals surface area contributed by atoms with E-state index in [2.05, 4.69) is 6.92 Å². The number of carbonyl (C=O) groups excluding carboxylic acids is 1. The normalized spacial score (nSPS) is 44.0. The quantitative estimate of drug-likeness (QED) is 0.712. The Hall–Kier alpha value is -0.610. The van der Waals surface area contributed by atoms with Crippen molar-refractivity contribution in [3.8, 4) is 0 Å². The molecule has 2 aliphatic rings. The number of hydrogen-bond donors (Lipinski definition) is 1. The molecule has 4 unspecified atom stereocenters. The summed E-state index contributed by atoms with van der Waals surface area (Å²) in [5.74, 6) is 0.553. The zero-order valence-corrected chi connectivity index (χ0v) is 10.3. The summed E-state index contributed by atoms with van der Waals surface area (Å²) in [5.41, 5.74) is 5.83. The average molecular weight is 226 g/mol. The van der Waals surface area contributed by atoms with E-state index < -0.39 is 0 Å². The van der Waals surface area contributed by atoms with Crippen LogP contribution in [-0.2, 0) is 9.53 Å². The first-order valence-electron chi connectivity index (χ1n) is 6.20. The minimum absolute atomic E-state index is 0.0142. The molecular weight excluding hydrogens is 204 g/mol. The summed E-state index contributed by atoms with van der Waals surface area (Å²) < 4.78 is 5.71. The first-order valence-corrected chi connectivity index (χ1v) is 6.20. The second kappa shape index (κ2) is 4.34. The van der Waals surface area contributed by atoms with Gasteiger partial charge >= 0.3 is 0 Å². The Morgan fingerprint density at radius 2 is 2.00 bits per heavy atom. The molecule has 0 aromatic rings. The van der Waals surface area contributed by atoms with Gasteiger partial charge in [-0.2, -0.15) is 0 Å². The molecule has 2 saturated heterocycles. The van der Waals surface area contributed by atoms with E-state index in [1.807, 2.05) is 18.7 Å². The van der Waals surface area contributed by atoms with Crippen LogP contribution in [0.5, 0.6) is 0 Å². The smallest absolute Gasteiger partial charge is 0.228 e. The molecule has 0 saturated carbocycles. The maximum absolute atomic E-state index is 12.3. The molecule has 16 heavy (non-hydrogen) atoms. The van der Waals surface area contributed by atoms with Gasteiger partial charge in [-0.15, -0.1) is 0 Å². The van der Waals surface area contributed by atoms with Gasteiger partial charge < -0.3 is 15.4 Å². The molecule has 2 aliphatic heterocycles. The van der Waals surface area contributed by atoms with Crippen molar-refractivity contribution in [2.24, 2.45) is 17.6 Å². The van der Waals surface area contributed by atoms with Crippen molar-refractivity contribution in [3.63, 3.8) is 0 Å². The van der Waals surface area contributed by atoms with Crippen LogP contribution in [0.15, 0.2) is 0 Å². The highest BCUT2D eigenvalue weighted by atomic mass is 16.5. The Bertz CT molecular complexity index is 282. The van der Waals surface area contributed by atoms with Crippen molar-refractivity contribution < 1.29 is 9.53 Å². The molecule has 0 spiro atoms. The zero-order chi connectivity index (χ0) is 11.9. The molecule has 4 heteroatoms. The molecule has 0 radical (unpaired) electrons. The number of carbonyl (C=O) groups is 1. The third kappa shape index (κ3) is 1.96. The monoisotopic (exact) mass is 226 g/mol. The van der Waals surface area contributed by atoms with E-state index in [0.717, 1.165) is 13.0 Å². The van der Waals surface area contributed by atoms with Crippen LogP contribution in [0.4, 0.5) is 0 Å². The summed E-state index contributed by atoms with van der Waals surface area (Å²) in [4.78, 5) is 14.3. The van der Waals surface area contributed by atoms with Gasteiger partial charge in [-0.05, 0) is 26.2 Å². The molecule has 0 bridgehead atoms. The van der Waals surface area contributed by atoms with Gasteiger partial charge in [-0.1, -0.05) is 6.92 Å². The van der Waals surface area contributed by atoms with Gasteiger partial charge in [0.25, 0.3) is 0 Å². The first-order chi connectivity index (χ1) is 7.50. The summed E-state index contributed by atoms with van der Waals surface area (Å²) in [7, 11) is 0. The highest BCUT2D eigenvalue weighted by molar-refractivity contribution is 5.80. The number of ether oxygens (including phenoxy) is 1. The van der Waals surface area contributed by atoms with E-state index in [4.69, 9.17) is 10.5 Å². The summed E-state index contributed by atoms with van der Waals surface area (Å²) in [6.45, 7) is 7.67. The van der Waals surface area contributed by atoms with E-state index >= 15 is 0 Å². The van der Waals surface area contributed by atoms with E-state index in [1.54, 1.807) is 0 Å². The minimum atomic E-state index is 0.0142. The standard InChI is InChI=1S/C12H22N2O2/c1-7-8(2)16-9(3)11(7)12(15)14-5-4-10(13)6-14/h7-11H,4-6,13H2,1-3H3/t7?,8?,9?,10-,11?/m0/s1. The van der Waals surface area contributed by atoms with Crippen molar-refractivity contribution in [3.05, 3.63) is 0 Å². The number of hydrogen-bond acceptors (Lipinski definition) is 3. The Kier molecular flexibility index (Phi) is 3.22. The molecule has 1 amide bonds. The van der Waals surface area contributed by atoms with Crippen LogP contribution >= 0.6 is 0 Å². The molecular formula is C12H22N2O2. The summed E-state index contributed by atoms with van der Waals surface area (Å²) in [5, 5.41) is 0. The SMILES string of the molecule is CC1OC(C)C(C(=O)N2CC[C@H](N)C2)C1C. The fraction of sp³-hybridized carbons (Fsp3) is 0.917. The minimum Gasteiger partial charge on any atom is -0.374 e. The molecule has 4 nitrogen and oxygen atoms in total. The topological polar surface area (TPSA) is 55.6 Å². The number of amides is 1. The van der Waals surface area contributed by atoms with Crippen LogP contribution in [0.1, 0.15) is 27.2 Å². The fourth-order valence-electron chi connectivity index (χ4n) is 2.89. The second-order valence-electron chi connectivity index (χ2n) is 5.26. The van der Waals surface area contributed by atoms with Crippen molar-refractivity contribution in [1.29, 1.82) is 0 Å². The highest BCUT2D eigenvalue weighted by Crippen LogP contribution is 2.34. The number of nitrogens with two attached hydrogens (primary N) is 1. The molecule has 2 N–H and O–H groups in total. The van der Waals surface area contributed by atoms with Crippen molar-refractivity contribution in [2.75, 3.05) is 13.1 Å². The third-order valence-corrected chi connectivity index (χ3v) is 4.06. The molecule has 2 heterocycles. The van der Waals surface area contributed by atoms with Crippen LogP contribution in [0, 0.1) is 11.8 Å². The van der Waals surface area contributed by atoms with Gasteiger partial charge in [0.2, 0.25) is 5.91 Å². The van der Waals surface area contributed by atoms with E-state index in [9.17, 15) is 4.79 Å². The molecule has 2 rings (SSSR count). The van der Waals surface area contributed by atoms with Crippen molar-refractivity contribution in [2.45, 2.75) is 45.4 Å². The average Bonchev–Trinajstić information content (AvgIpc) is 2.73. The zero-order valence-electron chi connectivity index (χ0n) is 10.3. The first kappa shape index (κ1) is 11.9. The Labute approximate surface area is 97.1 Å². The number of rotatable bonds is 1. The predicted molar refractivity (Wildman–Crippen MR) is 61.8 cm³/mol. The third-order valence-electron chi connectivity index (χ3n) is 4.06. The Balaban J connectivity index is 2.04. The summed E-state index contributed by atoms with van der Waals surface area (Å²) in [6.07, 6.45) is 1.15. The maximum atomic E-state index is 12.3. The Morgan fingerprint density at radius 1 is 1.31 bits per heavy atom. The summed E-state index contributed by atoms with van der Waals surface area (Å²) >= 11 is 0. The molecule has 0 aromatic carbocycles. The van der Waals surface area contributed by atoms with Crippen LogP contribution in [-0.4, -0.2) is 42.1 Å².